The maximum Gasteiger partial charge on any atom is 0.254 e. The maximum atomic E-state index is 12.8. The zero-order valence-corrected chi connectivity index (χ0v) is 23.9. The zero-order chi connectivity index (χ0) is 28.0. The second-order valence-corrected chi connectivity index (χ2v) is 11.5. The summed E-state index contributed by atoms with van der Waals surface area (Å²) in [5.41, 5.74) is 3.16. The van der Waals surface area contributed by atoms with Gasteiger partial charge in [0.1, 0.15) is 11.5 Å². The monoisotopic (exact) mass is 560 g/mol. The molecule has 0 saturated carbocycles. The van der Waals surface area contributed by atoms with Crippen molar-refractivity contribution in [2.45, 2.75) is 31.5 Å². The fourth-order valence-corrected chi connectivity index (χ4v) is 5.09. The van der Waals surface area contributed by atoms with Crippen LogP contribution in [-0.2, 0) is 30.6 Å². The molecule has 11 nitrogen and oxygen atoms in total. The van der Waals surface area contributed by atoms with Crippen LogP contribution < -0.4 is 9.47 Å². The van der Waals surface area contributed by atoms with Crippen LogP contribution in [0.2, 0.25) is 0 Å². The van der Waals surface area contributed by atoms with E-state index in [9.17, 15) is 8.42 Å². The summed E-state index contributed by atoms with van der Waals surface area (Å²) in [4.78, 5) is 2.32. The van der Waals surface area contributed by atoms with Gasteiger partial charge in [0.15, 0.2) is 19.4 Å². The quantitative estimate of drug-likeness (QED) is 0.306. The van der Waals surface area contributed by atoms with Gasteiger partial charge in [0, 0.05) is 51.9 Å². The van der Waals surface area contributed by atoms with Gasteiger partial charge in [-0.2, -0.15) is 0 Å². The number of morpholine rings is 1. The van der Waals surface area contributed by atoms with Crippen LogP contribution >= 0.6 is 0 Å². The van der Waals surface area contributed by atoms with Crippen molar-refractivity contribution in [1.82, 2.24) is 19.7 Å². The Kier molecular flexibility index (Phi) is 9.57. The van der Waals surface area contributed by atoms with E-state index in [1.54, 1.807) is 17.7 Å². The van der Waals surface area contributed by atoms with E-state index < -0.39 is 9.84 Å². The first-order valence-corrected chi connectivity index (χ1v) is 14.6. The van der Waals surface area contributed by atoms with E-state index in [1.807, 2.05) is 44.2 Å². The summed E-state index contributed by atoms with van der Waals surface area (Å²) < 4.78 is 54.5. The van der Waals surface area contributed by atoms with Crippen molar-refractivity contribution in [1.29, 1.82) is 0 Å². The lowest BCUT2D eigenvalue weighted by molar-refractivity contribution is 0.0342. The first-order chi connectivity index (χ1) is 18.7. The molecule has 0 spiro atoms. The lowest BCUT2D eigenvalue weighted by Gasteiger charge is -2.26. The molecule has 4 rings (SSSR count). The highest BCUT2D eigenvalue weighted by Crippen LogP contribution is 2.40. The average Bonchev–Trinajstić information content (AvgIpc) is 3.37. The molecule has 0 N–H and O–H groups in total. The number of nitrogens with zero attached hydrogens (tertiary/aromatic N) is 4. The lowest BCUT2D eigenvalue weighted by atomic mass is 9.98. The highest BCUT2D eigenvalue weighted by molar-refractivity contribution is 7.90. The molecule has 0 bridgehead atoms. The molecule has 0 amide bonds. The third-order valence-corrected chi connectivity index (χ3v) is 7.24. The van der Waals surface area contributed by atoms with Crippen LogP contribution in [0.5, 0.6) is 11.5 Å². The molecule has 1 fully saturated rings. The SMILES string of the molecule is COCOc1cc(OCOC)c(C(C)C)cc1-c1nnc(S(C)(=O)=O)n1-c1ccc(CN2CCOCC2)cc1. The highest BCUT2D eigenvalue weighted by atomic mass is 32.2. The number of aromatic nitrogens is 3. The van der Waals surface area contributed by atoms with Crippen molar-refractivity contribution >= 4 is 9.84 Å². The van der Waals surface area contributed by atoms with Crippen molar-refractivity contribution in [3.63, 3.8) is 0 Å². The molecule has 1 aliphatic heterocycles. The minimum absolute atomic E-state index is 0.0267. The number of sulfone groups is 1. The van der Waals surface area contributed by atoms with E-state index in [-0.39, 0.29) is 24.7 Å². The van der Waals surface area contributed by atoms with Crippen molar-refractivity contribution in [3.8, 4) is 28.6 Å². The first kappa shape index (κ1) is 29.0. The molecule has 212 valence electrons. The van der Waals surface area contributed by atoms with Gasteiger partial charge in [0.2, 0.25) is 9.84 Å². The molecule has 0 radical (unpaired) electrons. The Morgan fingerprint density at radius 2 is 1.59 bits per heavy atom. The predicted molar refractivity (Wildman–Crippen MR) is 145 cm³/mol. The Bertz CT molecular complexity index is 1350. The normalized spacial score (nSPS) is 14.6. The minimum Gasteiger partial charge on any atom is -0.467 e. The Morgan fingerprint density at radius 3 is 2.18 bits per heavy atom. The van der Waals surface area contributed by atoms with Gasteiger partial charge in [0.25, 0.3) is 5.16 Å². The minimum atomic E-state index is -3.72. The Hall–Kier alpha value is -3.03. The molecule has 1 saturated heterocycles. The van der Waals surface area contributed by atoms with Gasteiger partial charge in [-0.05, 0) is 35.2 Å². The molecule has 3 aromatic rings. The zero-order valence-electron chi connectivity index (χ0n) is 23.0. The summed E-state index contributed by atoms with van der Waals surface area (Å²) in [6.07, 6.45) is 1.12. The molecule has 2 heterocycles. The van der Waals surface area contributed by atoms with Crippen molar-refractivity contribution in [3.05, 3.63) is 47.5 Å². The van der Waals surface area contributed by atoms with E-state index in [1.165, 1.54) is 7.11 Å². The lowest BCUT2D eigenvalue weighted by Crippen LogP contribution is -2.35. The highest BCUT2D eigenvalue weighted by Gasteiger charge is 2.26. The Morgan fingerprint density at radius 1 is 0.949 bits per heavy atom. The van der Waals surface area contributed by atoms with Crippen LogP contribution in [0.4, 0.5) is 0 Å². The van der Waals surface area contributed by atoms with Gasteiger partial charge in [-0.3, -0.25) is 9.47 Å². The van der Waals surface area contributed by atoms with Crippen molar-refractivity contribution in [2.24, 2.45) is 0 Å². The average molecular weight is 561 g/mol. The standard InChI is InChI=1S/C27H36N4O7S/c1-19(2)22-14-23(25(38-18-35-4)15-24(22)37-17-34-3)26-28-29-27(39(5,32)33)31(26)21-8-6-20(7-9-21)16-30-10-12-36-13-11-30/h6-9,14-15,19H,10-13,16-18H2,1-5H3. The second-order valence-electron chi connectivity index (χ2n) is 9.61. The molecule has 0 atom stereocenters. The number of rotatable bonds is 12. The van der Waals surface area contributed by atoms with Crippen LogP contribution in [0.25, 0.3) is 17.1 Å². The van der Waals surface area contributed by atoms with Gasteiger partial charge in [-0.25, -0.2) is 8.42 Å². The molecule has 1 aromatic heterocycles. The predicted octanol–water partition coefficient (Wildman–Crippen LogP) is 3.26. The largest absolute Gasteiger partial charge is 0.467 e. The van der Waals surface area contributed by atoms with Crippen LogP contribution in [0.1, 0.15) is 30.9 Å². The third-order valence-electron chi connectivity index (χ3n) is 6.31. The van der Waals surface area contributed by atoms with Gasteiger partial charge >= 0.3 is 0 Å². The van der Waals surface area contributed by atoms with Crippen molar-refractivity contribution in [2.75, 3.05) is 60.4 Å². The first-order valence-electron chi connectivity index (χ1n) is 12.7. The fourth-order valence-electron chi connectivity index (χ4n) is 4.38. The molecule has 1 aliphatic rings. The van der Waals surface area contributed by atoms with Gasteiger partial charge in [-0.1, -0.05) is 26.0 Å². The van der Waals surface area contributed by atoms with E-state index in [2.05, 4.69) is 15.1 Å². The van der Waals surface area contributed by atoms with Gasteiger partial charge in [0.05, 0.1) is 18.8 Å². The van der Waals surface area contributed by atoms with E-state index in [0.717, 1.165) is 50.2 Å². The summed E-state index contributed by atoms with van der Waals surface area (Å²) in [6.45, 7) is 8.09. The molecule has 0 aliphatic carbocycles. The number of methoxy groups -OCH3 is 2. The summed E-state index contributed by atoms with van der Waals surface area (Å²) in [5, 5.41) is 8.26. The van der Waals surface area contributed by atoms with E-state index in [0.29, 0.717) is 28.6 Å². The second kappa shape index (κ2) is 12.9. The van der Waals surface area contributed by atoms with Crippen LogP contribution in [0.3, 0.4) is 0 Å². The molecule has 39 heavy (non-hydrogen) atoms. The number of ether oxygens (including phenoxy) is 5. The molecular weight excluding hydrogens is 524 g/mol. The molecule has 12 heteroatoms. The van der Waals surface area contributed by atoms with Crippen LogP contribution in [-0.4, -0.2) is 88.4 Å². The molecule has 2 aromatic carbocycles. The number of hydrogen-bond donors (Lipinski definition) is 0. The number of hydrogen-bond acceptors (Lipinski definition) is 10. The van der Waals surface area contributed by atoms with Gasteiger partial charge < -0.3 is 23.7 Å². The van der Waals surface area contributed by atoms with E-state index in [4.69, 9.17) is 23.7 Å². The van der Waals surface area contributed by atoms with Crippen molar-refractivity contribution < 1.29 is 32.1 Å². The van der Waals surface area contributed by atoms with E-state index >= 15 is 0 Å². The van der Waals surface area contributed by atoms with Gasteiger partial charge in [-0.15, -0.1) is 10.2 Å². The maximum absolute atomic E-state index is 12.8. The summed E-state index contributed by atoms with van der Waals surface area (Å²) in [5.74, 6) is 1.40. The van der Waals surface area contributed by atoms with Crippen LogP contribution in [0, 0.1) is 0 Å². The fraction of sp³-hybridized carbons (Fsp3) is 0.481. The van der Waals surface area contributed by atoms with Crippen LogP contribution in [0.15, 0.2) is 41.6 Å². The summed E-state index contributed by atoms with van der Waals surface area (Å²) in [7, 11) is -0.648. The Balaban J connectivity index is 1.82. The third kappa shape index (κ3) is 6.95. The topological polar surface area (TPSA) is 114 Å². The smallest absolute Gasteiger partial charge is 0.254 e. The number of benzene rings is 2. The molecular formula is C27H36N4O7S. The summed E-state index contributed by atoms with van der Waals surface area (Å²) >= 11 is 0. The molecule has 0 unspecified atom stereocenters. The summed E-state index contributed by atoms with van der Waals surface area (Å²) in [6, 6.07) is 11.4. The Labute approximate surface area is 229 Å².